The van der Waals surface area contributed by atoms with Gasteiger partial charge in [0.05, 0.1) is 13.2 Å². The van der Waals surface area contributed by atoms with Crippen molar-refractivity contribution in [3.8, 4) is 0 Å². The summed E-state index contributed by atoms with van der Waals surface area (Å²) in [6.07, 6.45) is 2.96. The van der Waals surface area contributed by atoms with Gasteiger partial charge in [-0.05, 0) is 18.1 Å². The summed E-state index contributed by atoms with van der Waals surface area (Å²) in [6.45, 7) is 2.34. The maximum absolute atomic E-state index is 8.96. The topological polar surface area (TPSA) is 59.5 Å². The molecule has 0 aliphatic rings. The molecule has 2 rings (SSSR count). The molecular formula is C14H21ClN2O2. The first kappa shape index (κ1) is 16.0. The summed E-state index contributed by atoms with van der Waals surface area (Å²) in [5.74, 6) is 0. The number of rotatable bonds is 7. The van der Waals surface area contributed by atoms with Gasteiger partial charge in [-0.15, -0.1) is 12.4 Å². The number of hydrogen-bond acceptors (Lipinski definition) is 3. The van der Waals surface area contributed by atoms with E-state index in [0.717, 1.165) is 18.5 Å². The Labute approximate surface area is 119 Å². The Morgan fingerprint density at radius 3 is 2.37 bits per heavy atom. The number of aromatic amines is 1. The molecule has 1 aromatic carbocycles. The molecule has 0 unspecified atom stereocenters. The lowest BCUT2D eigenvalue weighted by Gasteiger charge is -2.19. The van der Waals surface area contributed by atoms with Crippen molar-refractivity contribution in [2.75, 3.05) is 32.8 Å². The van der Waals surface area contributed by atoms with Crippen LogP contribution in [0, 0.1) is 0 Å². The number of para-hydroxylation sites is 1. The molecule has 2 aromatic rings. The molecule has 5 heteroatoms. The number of nitrogens with zero attached hydrogens (tertiary/aromatic N) is 1. The van der Waals surface area contributed by atoms with Gasteiger partial charge in [0, 0.05) is 36.7 Å². The van der Waals surface area contributed by atoms with Crippen molar-refractivity contribution in [1.29, 1.82) is 0 Å². The molecule has 0 spiro atoms. The Bertz CT molecular complexity index is 481. The van der Waals surface area contributed by atoms with Crippen LogP contribution in [-0.4, -0.2) is 52.9 Å². The first-order valence-electron chi connectivity index (χ1n) is 6.34. The van der Waals surface area contributed by atoms with Crippen molar-refractivity contribution in [3.63, 3.8) is 0 Å². The van der Waals surface area contributed by atoms with Crippen molar-refractivity contribution >= 4 is 23.3 Å². The van der Waals surface area contributed by atoms with E-state index in [2.05, 4.69) is 22.0 Å². The third kappa shape index (κ3) is 4.21. The van der Waals surface area contributed by atoms with Crippen LogP contribution < -0.4 is 0 Å². The quantitative estimate of drug-likeness (QED) is 0.721. The lowest BCUT2D eigenvalue weighted by atomic mass is 10.1. The van der Waals surface area contributed by atoms with Crippen LogP contribution in [0.25, 0.3) is 10.9 Å². The van der Waals surface area contributed by atoms with Gasteiger partial charge in [-0.1, -0.05) is 18.2 Å². The molecule has 0 aliphatic heterocycles. The molecule has 19 heavy (non-hydrogen) atoms. The van der Waals surface area contributed by atoms with E-state index in [1.54, 1.807) is 0 Å². The second kappa shape index (κ2) is 8.17. The minimum Gasteiger partial charge on any atom is -0.395 e. The first-order valence-corrected chi connectivity index (χ1v) is 6.34. The number of nitrogens with one attached hydrogen (secondary N) is 1. The molecule has 106 valence electrons. The fraction of sp³-hybridized carbons (Fsp3) is 0.429. The second-order valence-corrected chi connectivity index (χ2v) is 4.40. The van der Waals surface area contributed by atoms with Gasteiger partial charge in [0.2, 0.25) is 0 Å². The Morgan fingerprint density at radius 1 is 1.00 bits per heavy atom. The number of H-pyrrole nitrogens is 1. The van der Waals surface area contributed by atoms with Crippen molar-refractivity contribution in [1.82, 2.24) is 9.88 Å². The predicted octanol–water partition coefficient (Wildman–Crippen LogP) is 1.42. The summed E-state index contributed by atoms with van der Waals surface area (Å²) in [5, 5.41) is 19.2. The molecule has 3 N–H and O–H groups in total. The molecular weight excluding hydrogens is 264 g/mol. The molecule has 0 atom stereocenters. The highest BCUT2D eigenvalue weighted by Crippen LogP contribution is 2.18. The number of hydrogen-bond donors (Lipinski definition) is 3. The van der Waals surface area contributed by atoms with Gasteiger partial charge in [0.15, 0.2) is 0 Å². The summed E-state index contributed by atoms with van der Waals surface area (Å²) in [7, 11) is 0. The lowest BCUT2D eigenvalue weighted by Crippen LogP contribution is -2.31. The van der Waals surface area contributed by atoms with E-state index in [4.69, 9.17) is 10.2 Å². The molecule has 1 heterocycles. The average molecular weight is 285 g/mol. The van der Waals surface area contributed by atoms with Crippen LogP contribution in [0.4, 0.5) is 0 Å². The maximum atomic E-state index is 8.96. The van der Waals surface area contributed by atoms with E-state index in [1.807, 2.05) is 18.3 Å². The van der Waals surface area contributed by atoms with Crippen LogP contribution >= 0.6 is 12.4 Å². The predicted molar refractivity (Wildman–Crippen MR) is 79.9 cm³/mol. The Hall–Kier alpha value is -1.07. The van der Waals surface area contributed by atoms with Crippen LogP contribution in [0.15, 0.2) is 30.5 Å². The third-order valence-corrected chi connectivity index (χ3v) is 3.20. The number of aliphatic hydroxyl groups is 2. The molecule has 0 saturated carbocycles. The van der Waals surface area contributed by atoms with Crippen molar-refractivity contribution < 1.29 is 10.2 Å². The van der Waals surface area contributed by atoms with E-state index in [1.165, 1.54) is 10.9 Å². The number of halogens is 1. The standard InChI is InChI=1S/C14H20N2O2.ClH/c17-9-7-16(8-10-18)6-5-12-11-15-14-4-2-1-3-13(12)14;/h1-4,11,15,17-18H,5-10H2;1H. The van der Waals surface area contributed by atoms with E-state index >= 15 is 0 Å². The van der Waals surface area contributed by atoms with Crippen molar-refractivity contribution in [3.05, 3.63) is 36.0 Å². The second-order valence-electron chi connectivity index (χ2n) is 4.40. The fourth-order valence-corrected chi connectivity index (χ4v) is 2.24. The highest BCUT2D eigenvalue weighted by molar-refractivity contribution is 5.85. The van der Waals surface area contributed by atoms with Gasteiger partial charge in [-0.2, -0.15) is 0 Å². The number of aliphatic hydroxyl groups excluding tert-OH is 2. The van der Waals surface area contributed by atoms with Gasteiger partial charge in [-0.3, -0.25) is 4.90 Å². The largest absolute Gasteiger partial charge is 0.395 e. The number of benzene rings is 1. The van der Waals surface area contributed by atoms with Gasteiger partial charge >= 0.3 is 0 Å². The average Bonchev–Trinajstić information content (AvgIpc) is 2.80. The van der Waals surface area contributed by atoms with E-state index in [-0.39, 0.29) is 25.6 Å². The minimum atomic E-state index is 0. The zero-order valence-electron chi connectivity index (χ0n) is 10.9. The highest BCUT2D eigenvalue weighted by Gasteiger charge is 2.07. The van der Waals surface area contributed by atoms with Gasteiger partial charge in [0.1, 0.15) is 0 Å². The Morgan fingerprint density at radius 2 is 1.68 bits per heavy atom. The van der Waals surface area contributed by atoms with Gasteiger partial charge in [-0.25, -0.2) is 0 Å². The SMILES string of the molecule is Cl.OCCN(CCO)CCc1c[nH]c2ccccc12. The highest BCUT2D eigenvalue weighted by atomic mass is 35.5. The number of aromatic nitrogens is 1. The Balaban J connectivity index is 0.00000180. The summed E-state index contributed by atoms with van der Waals surface area (Å²) < 4.78 is 0. The molecule has 1 aromatic heterocycles. The molecule has 4 nitrogen and oxygen atoms in total. The summed E-state index contributed by atoms with van der Waals surface area (Å²) in [6, 6.07) is 8.24. The Kier molecular flexibility index (Phi) is 6.87. The lowest BCUT2D eigenvalue weighted by molar-refractivity contribution is 0.162. The summed E-state index contributed by atoms with van der Waals surface area (Å²) >= 11 is 0. The summed E-state index contributed by atoms with van der Waals surface area (Å²) in [5.41, 5.74) is 2.44. The van der Waals surface area contributed by atoms with Gasteiger partial charge in [0.25, 0.3) is 0 Å². The molecule has 0 bridgehead atoms. The van der Waals surface area contributed by atoms with E-state index in [9.17, 15) is 0 Å². The van der Waals surface area contributed by atoms with Crippen LogP contribution in [0.3, 0.4) is 0 Å². The van der Waals surface area contributed by atoms with Gasteiger partial charge < -0.3 is 15.2 Å². The van der Waals surface area contributed by atoms with Crippen LogP contribution in [0.2, 0.25) is 0 Å². The van der Waals surface area contributed by atoms with Crippen molar-refractivity contribution in [2.24, 2.45) is 0 Å². The molecule has 0 radical (unpaired) electrons. The third-order valence-electron chi connectivity index (χ3n) is 3.20. The van der Waals surface area contributed by atoms with Crippen molar-refractivity contribution in [2.45, 2.75) is 6.42 Å². The molecule has 0 aliphatic carbocycles. The zero-order chi connectivity index (χ0) is 12.8. The molecule has 0 saturated heterocycles. The summed E-state index contributed by atoms with van der Waals surface area (Å²) in [4.78, 5) is 5.33. The number of fused-ring (bicyclic) bond motifs is 1. The van der Waals surface area contributed by atoms with Crippen LogP contribution in [0.5, 0.6) is 0 Å². The van der Waals surface area contributed by atoms with Crippen LogP contribution in [0.1, 0.15) is 5.56 Å². The smallest absolute Gasteiger partial charge is 0.0558 e. The van der Waals surface area contributed by atoms with Crippen LogP contribution in [-0.2, 0) is 6.42 Å². The molecule has 0 fully saturated rings. The van der Waals surface area contributed by atoms with E-state index in [0.29, 0.717) is 13.1 Å². The minimum absolute atomic E-state index is 0. The monoisotopic (exact) mass is 284 g/mol. The maximum Gasteiger partial charge on any atom is 0.0558 e. The molecule has 0 amide bonds. The zero-order valence-corrected chi connectivity index (χ0v) is 11.7. The fourth-order valence-electron chi connectivity index (χ4n) is 2.24. The normalized spacial score (nSPS) is 10.9. The van der Waals surface area contributed by atoms with E-state index < -0.39 is 0 Å². The first-order chi connectivity index (χ1) is 8.85.